The van der Waals surface area contributed by atoms with Crippen LogP contribution >= 0.6 is 0 Å². The van der Waals surface area contributed by atoms with Gasteiger partial charge in [-0.15, -0.1) is 4.40 Å². The van der Waals surface area contributed by atoms with Crippen molar-refractivity contribution in [1.29, 1.82) is 0 Å². The van der Waals surface area contributed by atoms with Gasteiger partial charge in [-0.25, -0.2) is 8.42 Å². The number of fused-ring (bicyclic) bond motifs is 1. The van der Waals surface area contributed by atoms with Gasteiger partial charge in [0.25, 0.3) is 15.9 Å². The molecule has 0 saturated carbocycles. The molecule has 0 aromatic heterocycles. The molecule has 2 heterocycles. The molecule has 1 aromatic rings. The number of ether oxygens (including phenoxy) is 2. The number of hydrogen-bond acceptors (Lipinski definition) is 6. The molecule has 1 amide bonds. The number of rotatable bonds is 7. The van der Waals surface area contributed by atoms with Crippen molar-refractivity contribution in [1.82, 2.24) is 9.80 Å². The lowest BCUT2D eigenvalue weighted by Crippen LogP contribution is -2.38. The summed E-state index contributed by atoms with van der Waals surface area (Å²) in [5.74, 6) is -0.0375. The first kappa shape index (κ1) is 21.8. The van der Waals surface area contributed by atoms with Gasteiger partial charge in [0.05, 0.1) is 17.9 Å². The minimum absolute atomic E-state index is 0.0747. The van der Waals surface area contributed by atoms with Gasteiger partial charge in [-0.3, -0.25) is 4.79 Å². The predicted octanol–water partition coefficient (Wildman–Crippen LogP) is 2.14. The van der Waals surface area contributed by atoms with E-state index in [1.807, 2.05) is 0 Å². The summed E-state index contributed by atoms with van der Waals surface area (Å²) in [6, 6.07) is 4.51. The van der Waals surface area contributed by atoms with E-state index in [1.165, 1.54) is 23.1 Å². The quantitative estimate of drug-likeness (QED) is 0.644. The second kappa shape index (κ2) is 8.82. The molecule has 8 nitrogen and oxygen atoms in total. The number of benzene rings is 1. The lowest BCUT2D eigenvalue weighted by Gasteiger charge is -2.28. The van der Waals surface area contributed by atoms with Crippen LogP contribution in [0.3, 0.4) is 0 Å². The van der Waals surface area contributed by atoms with Crippen LogP contribution in [0, 0.1) is 0 Å². The maximum atomic E-state index is 12.8. The molecule has 0 fully saturated rings. The monoisotopic (exact) mass is 441 g/mol. The first-order chi connectivity index (χ1) is 14.2. The van der Waals surface area contributed by atoms with E-state index in [-0.39, 0.29) is 48.7 Å². The fraction of sp³-hybridized carbons (Fsp3) is 0.368. The molecule has 3 rings (SSSR count). The smallest absolute Gasteiger partial charge is 0.387 e. The van der Waals surface area contributed by atoms with E-state index < -0.39 is 16.6 Å². The van der Waals surface area contributed by atoms with Crippen molar-refractivity contribution in [3.63, 3.8) is 0 Å². The Bertz CT molecular complexity index is 1020. The molecule has 0 radical (unpaired) electrons. The van der Waals surface area contributed by atoms with E-state index in [0.29, 0.717) is 11.1 Å². The van der Waals surface area contributed by atoms with E-state index in [4.69, 9.17) is 4.74 Å². The zero-order valence-electron chi connectivity index (χ0n) is 16.4. The molecule has 1 aromatic carbocycles. The highest BCUT2D eigenvalue weighted by molar-refractivity contribution is 7.90. The van der Waals surface area contributed by atoms with Crippen molar-refractivity contribution >= 4 is 21.8 Å². The second-order valence-electron chi connectivity index (χ2n) is 6.60. The Labute approximate surface area is 173 Å². The van der Waals surface area contributed by atoms with Crippen LogP contribution in [-0.2, 0) is 21.4 Å². The lowest BCUT2D eigenvalue weighted by atomic mass is 10.1. The number of amidine groups is 1. The van der Waals surface area contributed by atoms with Gasteiger partial charge in [-0.1, -0.05) is 6.07 Å². The van der Waals surface area contributed by atoms with Gasteiger partial charge in [0, 0.05) is 26.3 Å². The molecular formula is C19H21F2N3O5S. The molecule has 0 N–H and O–H groups in total. The summed E-state index contributed by atoms with van der Waals surface area (Å²) in [4.78, 5) is 15.9. The van der Waals surface area contributed by atoms with E-state index in [0.717, 1.165) is 0 Å². The molecule has 0 bridgehead atoms. The third-order valence-corrected chi connectivity index (χ3v) is 5.53. The van der Waals surface area contributed by atoms with E-state index in [2.05, 4.69) is 9.13 Å². The average molecular weight is 441 g/mol. The molecule has 0 unspecified atom stereocenters. The first-order valence-corrected chi connectivity index (χ1v) is 10.7. The van der Waals surface area contributed by atoms with Crippen LogP contribution in [-0.4, -0.2) is 62.5 Å². The summed E-state index contributed by atoms with van der Waals surface area (Å²) in [6.45, 7) is -0.559. The normalized spacial score (nSPS) is 17.2. The fourth-order valence-electron chi connectivity index (χ4n) is 3.01. The van der Waals surface area contributed by atoms with Crippen molar-refractivity contribution in [3.8, 4) is 11.5 Å². The van der Waals surface area contributed by atoms with Gasteiger partial charge in [-0.05, 0) is 36.8 Å². The maximum absolute atomic E-state index is 12.8. The van der Waals surface area contributed by atoms with Crippen molar-refractivity contribution in [2.24, 2.45) is 4.40 Å². The summed E-state index contributed by atoms with van der Waals surface area (Å²) in [6.07, 6.45) is 4.57. The van der Waals surface area contributed by atoms with Gasteiger partial charge in [0.1, 0.15) is 5.84 Å². The van der Waals surface area contributed by atoms with Crippen molar-refractivity contribution in [2.75, 3.05) is 26.0 Å². The zero-order valence-corrected chi connectivity index (χ0v) is 17.2. The molecule has 0 spiro atoms. The van der Waals surface area contributed by atoms with Crippen LogP contribution < -0.4 is 9.47 Å². The number of nitrogens with zero attached hydrogens (tertiary/aromatic N) is 3. The third-order valence-electron chi connectivity index (χ3n) is 4.36. The minimum atomic E-state index is -3.47. The largest absolute Gasteiger partial charge is 0.490 e. The van der Waals surface area contributed by atoms with Crippen LogP contribution in [0.15, 0.2) is 46.5 Å². The van der Waals surface area contributed by atoms with Gasteiger partial charge >= 0.3 is 6.61 Å². The van der Waals surface area contributed by atoms with Gasteiger partial charge in [-0.2, -0.15) is 8.78 Å². The Kier molecular flexibility index (Phi) is 6.40. The standard InChI is InChI=1S/C19H21F2N3O5S/c1-3-28-16-10-13(4-6-15(16)29-19(20)21)11-23(2)18(25)14-5-7-17-22-30(26,27)9-8-24(17)12-14/h4-7,10,12,19H,3,8-9,11H2,1-2H3. The fourth-order valence-corrected chi connectivity index (χ4v) is 3.98. The number of carbonyl (C=O) groups excluding carboxylic acids is 1. The molecule has 2 aliphatic heterocycles. The summed E-state index contributed by atoms with van der Waals surface area (Å²) in [7, 11) is -1.86. The SMILES string of the molecule is CCOc1cc(CN(C)C(=O)C2=CN3CCS(=O)(=O)N=C3C=C2)ccc1OC(F)F. The van der Waals surface area contributed by atoms with Crippen LogP contribution in [0.1, 0.15) is 12.5 Å². The number of likely N-dealkylation sites (N-methyl/N-ethyl adjacent to an activating group) is 1. The highest BCUT2D eigenvalue weighted by Gasteiger charge is 2.26. The predicted molar refractivity (Wildman–Crippen MR) is 106 cm³/mol. The molecule has 0 atom stereocenters. The summed E-state index contributed by atoms with van der Waals surface area (Å²) < 4.78 is 61.7. The molecule has 0 saturated heterocycles. The topological polar surface area (TPSA) is 88.5 Å². The van der Waals surface area contributed by atoms with Crippen molar-refractivity contribution in [3.05, 3.63) is 47.7 Å². The Balaban J connectivity index is 1.72. The number of carbonyl (C=O) groups is 1. The number of sulfonamides is 1. The minimum Gasteiger partial charge on any atom is -0.490 e. The Hall–Kier alpha value is -2.95. The second-order valence-corrected chi connectivity index (χ2v) is 8.36. The van der Waals surface area contributed by atoms with Gasteiger partial charge in [0.15, 0.2) is 11.5 Å². The number of alkyl halides is 2. The third kappa shape index (κ3) is 5.15. The van der Waals surface area contributed by atoms with Gasteiger partial charge in [0.2, 0.25) is 0 Å². The van der Waals surface area contributed by atoms with Crippen molar-refractivity contribution < 1.29 is 31.5 Å². The van der Waals surface area contributed by atoms with Gasteiger partial charge < -0.3 is 19.3 Å². The molecular weight excluding hydrogens is 420 g/mol. The van der Waals surface area contributed by atoms with Crippen molar-refractivity contribution in [2.45, 2.75) is 20.1 Å². The lowest BCUT2D eigenvalue weighted by molar-refractivity contribution is -0.126. The van der Waals surface area contributed by atoms with Crippen LogP contribution in [0.25, 0.3) is 0 Å². The molecule has 2 aliphatic rings. The number of hydrogen-bond donors (Lipinski definition) is 0. The average Bonchev–Trinajstić information content (AvgIpc) is 2.68. The first-order valence-electron chi connectivity index (χ1n) is 9.13. The molecule has 0 aliphatic carbocycles. The summed E-state index contributed by atoms with van der Waals surface area (Å²) in [5, 5.41) is 0. The van der Waals surface area contributed by atoms with E-state index >= 15 is 0 Å². The van der Waals surface area contributed by atoms with E-state index in [1.54, 1.807) is 37.2 Å². The summed E-state index contributed by atoms with van der Waals surface area (Å²) in [5.41, 5.74) is 1.04. The van der Waals surface area contributed by atoms with Crippen LogP contribution in [0.4, 0.5) is 8.78 Å². The Morgan fingerprint density at radius 2 is 2.07 bits per heavy atom. The Morgan fingerprint density at radius 1 is 1.30 bits per heavy atom. The highest BCUT2D eigenvalue weighted by Crippen LogP contribution is 2.30. The zero-order chi connectivity index (χ0) is 21.9. The molecule has 162 valence electrons. The molecule has 30 heavy (non-hydrogen) atoms. The maximum Gasteiger partial charge on any atom is 0.387 e. The number of halogens is 2. The van der Waals surface area contributed by atoms with Crippen LogP contribution in [0.5, 0.6) is 11.5 Å². The van der Waals surface area contributed by atoms with Crippen LogP contribution in [0.2, 0.25) is 0 Å². The Morgan fingerprint density at radius 3 is 2.77 bits per heavy atom. The van der Waals surface area contributed by atoms with E-state index in [9.17, 15) is 22.0 Å². The molecule has 11 heteroatoms. The number of amides is 1. The highest BCUT2D eigenvalue weighted by atomic mass is 32.2. The summed E-state index contributed by atoms with van der Waals surface area (Å²) >= 11 is 0.